The molecule has 5 heteroatoms. The fraction of sp³-hybridized carbons (Fsp3) is 0. The molecule has 0 aliphatic carbocycles. The van der Waals surface area contributed by atoms with Gasteiger partial charge in [0.15, 0.2) is 0 Å². The predicted octanol–water partition coefficient (Wildman–Crippen LogP) is 3.59. The lowest BCUT2D eigenvalue weighted by molar-refractivity contribution is 0.102. The summed E-state index contributed by atoms with van der Waals surface area (Å²) in [7, 11) is 0. The fourth-order valence-electron chi connectivity index (χ4n) is 1.26. The molecule has 0 spiro atoms. The molecule has 1 heterocycles. The number of amides is 1. The summed E-state index contributed by atoms with van der Waals surface area (Å²) in [5, 5.41) is 3.24. The third-order valence-corrected chi connectivity index (χ3v) is 3.01. The number of anilines is 1. The van der Waals surface area contributed by atoms with Crippen molar-refractivity contribution in [3.63, 3.8) is 0 Å². The maximum atomic E-state index is 11.8. The van der Waals surface area contributed by atoms with Crippen LogP contribution in [0.25, 0.3) is 0 Å². The number of aromatic nitrogens is 1. The van der Waals surface area contributed by atoms with Gasteiger partial charge in [-0.15, -0.1) is 0 Å². The molecular weight excluding hydrogens is 351 g/mol. The highest BCUT2D eigenvalue weighted by Gasteiger charge is 2.07. The van der Waals surface area contributed by atoms with Gasteiger partial charge in [-0.1, -0.05) is 11.6 Å². The summed E-state index contributed by atoms with van der Waals surface area (Å²) >= 11 is 8.00. The lowest BCUT2D eigenvalue weighted by atomic mass is 10.3. The van der Waals surface area contributed by atoms with Gasteiger partial charge in [0.05, 0.1) is 0 Å². The number of hydrogen-bond donors (Lipinski definition) is 1. The van der Waals surface area contributed by atoms with Gasteiger partial charge in [0.1, 0.15) is 5.69 Å². The Bertz CT molecular complexity index is 542. The Hall–Kier alpha value is -1.14. The quantitative estimate of drug-likeness (QED) is 0.834. The third-order valence-electron chi connectivity index (χ3n) is 2.06. The molecule has 3 nitrogen and oxygen atoms in total. The molecule has 0 aliphatic rings. The molecule has 0 saturated carbocycles. The Balaban J connectivity index is 2.14. The summed E-state index contributed by atoms with van der Waals surface area (Å²) in [4.78, 5) is 15.8. The molecule has 0 saturated heterocycles. The van der Waals surface area contributed by atoms with Gasteiger partial charge >= 0.3 is 0 Å². The van der Waals surface area contributed by atoms with Gasteiger partial charge in [0.2, 0.25) is 0 Å². The first-order valence-corrected chi connectivity index (χ1v) is 6.29. The van der Waals surface area contributed by atoms with Crippen LogP contribution >= 0.6 is 34.2 Å². The van der Waals surface area contributed by atoms with Crippen molar-refractivity contribution in [2.45, 2.75) is 0 Å². The fourth-order valence-corrected chi connectivity index (χ4v) is 1.78. The minimum absolute atomic E-state index is 0.270. The van der Waals surface area contributed by atoms with Crippen LogP contribution in [0.3, 0.4) is 0 Å². The van der Waals surface area contributed by atoms with E-state index in [1.807, 2.05) is 24.3 Å². The summed E-state index contributed by atoms with van der Waals surface area (Å²) in [6.07, 6.45) is 1.51. The van der Waals surface area contributed by atoms with Crippen molar-refractivity contribution in [2.75, 3.05) is 5.32 Å². The third kappa shape index (κ3) is 3.41. The van der Waals surface area contributed by atoms with E-state index in [4.69, 9.17) is 11.6 Å². The smallest absolute Gasteiger partial charge is 0.274 e. The van der Waals surface area contributed by atoms with E-state index in [0.717, 1.165) is 9.26 Å². The van der Waals surface area contributed by atoms with Gasteiger partial charge in [-0.25, -0.2) is 0 Å². The van der Waals surface area contributed by atoms with E-state index in [1.165, 1.54) is 12.3 Å². The number of hydrogen-bond acceptors (Lipinski definition) is 2. The first kappa shape index (κ1) is 12.3. The summed E-state index contributed by atoms with van der Waals surface area (Å²) in [6, 6.07) is 10.7. The normalized spacial score (nSPS) is 10.0. The molecule has 0 fully saturated rings. The maximum Gasteiger partial charge on any atom is 0.274 e. The molecule has 0 atom stereocenters. The zero-order valence-electron chi connectivity index (χ0n) is 8.65. The Morgan fingerprint density at radius 1 is 1.24 bits per heavy atom. The Labute approximate surface area is 117 Å². The lowest BCUT2D eigenvalue weighted by Crippen LogP contribution is -2.13. The van der Waals surface area contributed by atoms with Crippen LogP contribution in [0.5, 0.6) is 0 Å². The molecule has 0 bridgehead atoms. The number of rotatable bonds is 2. The van der Waals surface area contributed by atoms with Crippen LogP contribution in [-0.2, 0) is 0 Å². The van der Waals surface area contributed by atoms with Gasteiger partial charge in [0, 0.05) is 20.5 Å². The maximum absolute atomic E-state index is 11.8. The number of pyridine rings is 1. The van der Waals surface area contributed by atoms with Gasteiger partial charge in [0.25, 0.3) is 5.91 Å². The van der Waals surface area contributed by atoms with Gasteiger partial charge < -0.3 is 5.32 Å². The first-order chi connectivity index (χ1) is 8.15. The van der Waals surface area contributed by atoms with Crippen molar-refractivity contribution in [3.05, 3.63) is 56.9 Å². The molecule has 1 amide bonds. The minimum atomic E-state index is -0.270. The second kappa shape index (κ2) is 5.46. The second-order valence-electron chi connectivity index (χ2n) is 3.32. The topological polar surface area (TPSA) is 42.0 Å². The van der Waals surface area contributed by atoms with E-state index in [9.17, 15) is 4.79 Å². The largest absolute Gasteiger partial charge is 0.321 e. The van der Waals surface area contributed by atoms with E-state index in [-0.39, 0.29) is 5.91 Å². The first-order valence-electron chi connectivity index (χ1n) is 4.83. The van der Waals surface area contributed by atoms with E-state index in [0.29, 0.717) is 10.7 Å². The molecule has 86 valence electrons. The zero-order chi connectivity index (χ0) is 12.3. The molecule has 17 heavy (non-hydrogen) atoms. The number of carbonyl (C=O) groups excluding carboxylic acids is 1. The highest BCUT2D eigenvalue weighted by Crippen LogP contribution is 2.13. The Morgan fingerprint density at radius 3 is 2.59 bits per heavy atom. The van der Waals surface area contributed by atoms with Crippen molar-refractivity contribution < 1.29 is 4.79 Å². The Kier molecular flexibility index (Phi) is 3.96. The SMILES string of the molecule is O=C(Nc1ccc(I)cc1)c1cc(Cl)ccn1. The molecule has 1 aromatic heterocycles. The van der Waals surface area contributed by atoms with Crippen LogP contribution in [0.15, 0.2) is 42.6 Å². The van der Waals surface area contributed by atoms with Crippen LogP contribution in [-0.4, -0.2) is 10.9 Å². The summed E-state index contributed by atoms with van der Waals surface area (Å²) in [5.74, 6) is -0.270. The van der Waals surface area contributed by atoms with Crippen LogP contribution in [0.2, 0.25) is 5.02 Å². The number of halogens is 2. The number of benzene rings is 1. The highest BCUT2D eigenvalue weighted by molar-refractivity contribution is 14.1. The second-order valence-corrected chi connectivity index (χ2v) is 5.00. The van der Waals surface area contributed by atoms with E-state index < -0.39 is 0 Å². The van der Waals surface area contributed by atoms with Crippen molar-refractivity contribution in [1.82, 2.24) is 4.98 Å². The molecule has 2 aromatic rings. The minimum Gasteiger partial charge on any atom is -0.321 e. The molecule has 0 unspecified atom stereocenters. The molecule has 0 aliphatic heterocycles. The number of carbonyl (C=O) groups is 1. The molecule has 0 radical (unpaired) electrons. The van der Waals surface area contributed by atoms with Crippen LogP contribution < -0.4 is 5.32 Å². The molecule has 1 N–H and O–H groups in total. The van der Waals surface area contributed by atoms with Crippen LogP contribution in [0, 0.1) is 3.57 Å². The van der Waals surface area contributed by atoms with E-state index in [2.05, 4.69) is 32.9 Å². The van der Waals surface area contributed by atoms with Gasteiger partial charge in [-0.3, -0.25) is 9.78 Å². The molecular formula is C12H8ClIN2O. The monoisotopic (exact) mass is 358 g/mol. The average Bonchev–Trinajstić information content (AvgIpc) is 2.32. The number of nitrogens with zero attached hydrogens (tertiary/aromatic N) is 1. The molecule has 2 rings (SSSR count). The lowest BCUT2D eigenvalue weighted by Gasteiger charge is -2.04. The Morgan fingerprint density at radius 2 is 1.94 bits per heavy atom. The predicted molar refractivity (Wildman–Crippen MR) is 76.4 cm³/mol. The van der Waals surface area contributed by atoms with Crippen molar-refractivity contribution in [1.29, 1.82) is 0 Å². The summed E-state index contributed by atoms with van der Waals surface area (Å²) < 4.78 is 1.11. The van der Waals surface area contributed by atoms with Gasteiger partial charge in [-0.2, -0.15) is 0 Å². The number of nitrogens with one attached hydrogen (secondary N) is 1. The van der Waals surface area contributed by atoms with Crippen LogP contribution in [0.1, 0.15) is 10.5 Å². The van der Waals surface area contributed by atoms with Gasteiger partial charge in [-0.05, 0) is 59.0 Å². The summed E-state index contributed by atoms with van der Waals surface area (Å²) in [6.45, 7) is 0. The van der Waals surface area contributed by atoms with Crippen molar-refractivity contribution in [2.24, 2.45) is 0 Å². The average molecular weight is 359 g/mol. The summed E-state index contributed by atoms with van der Waals surface area (Å²) in [5.41, 5.74) is 1.04. The van der Waals surface area contributed by atoms with E-state index >= 15 is 0 Å². The standard InChI is InChI=1S/C12H8ClIN2O/c13-8-5-6-15-11(7-8)12(17)16-10-3-1-9(14)2-4-10/h1-7H,(H,16,17). The van der Waals surface area contributed by atoms with Crippen molar-refractivity contribution in [3.8, 4) is 0 Å². The van der Waals surface area contributed by atoms with E-state index in [1.54, 1.807) is 6.07 Å². The van der Waals surface area contributed by atoms with Crippen LogP contribution in [0.4, 0.5) is 5.69 Å². The highest BCUT2D eigenvalue weighted by atomic mass is 127. The molecule has 1 aromatic carbocycles. The zero-order valence-corrected chi connectivity index (χ0v) is 11.6. The van der Waals surface area contributed by atoms with Crippen molar-refractivity contribution >= 4 is 45.8 Å².